The van der Waals surface area contributed by atoms with Crippen LogP contribution in [0.2, 0.25) is 0 Å². The molecule has 1 aliphatic heterocycles. The van der Waals surface area contributed by atoms with Gasteiger partial charge in [-0.15, -0.1) is 0 Å². The van der Waals surface area contributed by atoms with Gasteiger partial charge in [0.2, 0.25) is 0 Å². The van der Waals surface area contributed by atoms with Gasteiger partial charge in [0.15, 0.2) is 0 Å². The van der Waals surface area contributed by atoms with E-state index in [0.717, 1.165) is 26.2 Å². The van der Waals surface area contributed by atoms with Gasteiger partial charge < -0.3 is 10.2 Å². The van der Waals surface area contributed by atoms with Gasteiger partial charge in [0, 0.05) is 37.4 Å². The van der Waals surface area contributed by atoms with Crippen LogP contribution in [0.15, 0.2) is 30.3 Å². The molecular weight excluding hydrogens is 196 g/mol. The lowest BCUT2D eigenvalue weighted by Crippen LogP contribution is -2.42. The van der Waals surface area contributed by atoms with Crippen molar-refractivity contribution in [1.82, 2.24) is 10.2 Å². The summed E-state index contributed by atoms with van der Waals surface area (Å²) in [7, 11) is 0. The molecule has 1 N–H and O–H groups in total. The van der Waals surface area contributed by atoms with E-state index in [-0.39, 0.29) is 0 Å². The Morgan fingerprint density at radius 3 is 2.75 bits per heavy atom. The molecule has 0 amide bonds. The summed E-state index contributed by atoms with van der Waals surface area (Å²) >= 11 is 0. The Morgan fingerprint density at radius 2 is 1.88 bits per heavy atom. The van der Waals surface area contributed by atoms with Gasteiger partial charge in [-0.25, -0.2) is 0 Å². The minimum Gasteiger partial charge on any atom is -0.369 e. The second-order valence-corrected chi connectivity index (χ2v) is 4.52. The maximum atomic E-state index is 3.41. The Morgan fingerprint density at radius 1 is 1.06 bits per heavy atom. The first-order valence-electron chi connectivity index (χ1n) is 6.19. The Kier molecular flexibility index (Phi) is 2.66. The number of hydrogen-bond acceptors (Lipinski definition) is 2. The summed E-state index contributed by atoms with van der Waals surface area (Å²) in [5.74, 6) is 0. The van der Waals surface area contributed by atoms with Gasteiger partial charge in [-0.05, 0) is 18.4 Å². The molecule has 0 saturated carbocycles. The molecule has 0 atom stereocenters. The molecular formula is C14H18N2. The lowest BCUT2D eigenvalue weighted by atomic mass is 9.94. The van der Waals surface area contributed by atoms with Crippen molar-refractivity contribution >= 4 is 5.70 Å². The fourth-order valence-corrected chi connectivity index (χ4v) is 2.67. The van der Waals surface area contributed by atoms with Crippen molar-refractivity contribution in [2.24, 2.45) is 0 Å². The topological polar surface area (TPSA) is 15.3 Å². The highest BCUT2D eigenvalue weighted by molar-refractivity contribution is 5.68. The van der Waals surface area contributed by atoms with Crippen molar-refractivity contribution in [2.45, 2.75) is 12.8 Å². The van der Waals surface area contributed by atoms with Gasteiger partial charge in [-0.3, -0.25) is 0 Å². The summed E-state index contributed by atoms with van der Waals surface area (Å²) in [5, 5.41) is 3.41. The van der Waals surface area contributed by atoms with Crippen LogP contribution >= 0.6 is 0 Å². The number of aryl methyl sites for hydroxylation is 1. The zero-order valence-electron chi connectivity index (χ0n) is 9.58. The van der Waals surface area contributed by atoms with E-state index in [4.69, 9.17) is 0 Å². The van der Waals surface area contributed by atoms with Crippen molar-refractivity contribution in [3.63, 3.8) is 0 Å². The molecule has 16 heavy (non-hydrogen) atoms. The summed E-state index contributed by atoms with van der Waals surface area (Å²) in [4.78, 5) is 2.52. The maximum absolute atomic E-state index is 3.41. The summed E-state index contributed by atoms with van der Waals surface area (Å²) in [6, 6.07) is 8.84. The van der Waals surface area contributed by atoms with Gasteiger partial charge in [0.1, 0.15) is 0 Å². The fourth-order valence-electron chi connectivity index (χ4n) is 2.67. The molecule has 2 nitrogen and oxygen atoms in total. The molecule has 0 spiro atoms. The van der Waals surface area contributed by atoms with Gasteiger partial charge >= 0.3 is 0 Å². The first-order valence-corrected chi connectivity index (χ1v) is 6.19. The zero-order chi connectivity index (χ0) is 10.8. The van der Waals surface area contributed by atoms with Crippen LogP contribution < -0.4 is 5.32 Å². The number of rotatable bonds is 1. The molecule has 1 aromatic carbocycles. The number of nitrogens with one attached hydrogen (secondary N) is 1. The van der Waals surface area contributed by atoms with Crippen LogP contribution in [0, 0.1) is 0 Å². The third kappa shape index (κ3) is 1.74. The van der Waals surface area contributed by atoms with E-state index in [9.17, 15) is 0 Å². The van der Waals surface area contributed by atoms with Crippen molar-refractivity contribution < 1.29 is 0 Å². The first kappa shape index (κ1) is 9.91. The number of benzene rings is 1. The Hall–Kier alpha value is -1.28. The van der Waals surface area contributed by atoms with Crippen molar-refractivity contribution in [3.05, 3.63) is 41.5 Å². The summed E-state index contributed by atoms with van der Waals surface area (Å²) in [6.07, 6.45) is 4.80. The average Bonchev–Trinajstić information content (AvgIpc) is 2.39. The van der Waals surface area contributed by atoms with Crippen molar-refractivity contribution in [3.8, 4) is 0 Å². The van der Waals surface area contributed by atoms with Gasteiger partial charge in [0.05, 0.1) is 0 Å². The molecule has 1 saturated heterocycles. The summed E-state index contributed by atoms with van der Waals surface area (Å²) < 4.78 is 0. The highest BCUT2D eigenvalue weighted by Crippen LogP contribution is 2.28. The summed E-state index contributed by atoms with van der Waals surface area (Å²) in [6.45, 7) is 4.50. The van der Waals surface area contributed by atoms with Crippen LogP contribution in [-0.4, -0.2) is 31.1 Å². The quantitative estimate of drug-likeness (QED) is 0.768. The monoisotopic (exact) mass is 214 g/mol. The van der Waals surface area contributed by atoms with Crippen molar-refractivity contribution in [2.75, 3.05) is 26.2 Å². The van der Waals surface area contributed by atoms with Gasteiger partial charge in [-0.1, -0.05) is 30.3 Å². The molecule has 0 aromatic heterocycles. The minimum absolute atomic E-state index is 1.11. The largest absolute Gasteiger partial charge is 0.369 e. The van der Waals surface area contributed by atoms with Gasteiger partial charge in [0.25, 0.3) is 0 Å². The first-order chi connectivity index (χ1) is 7.95. The van der Waals surface area contributed by atoms with Crippen LogP contribution in [0.4, 0.5) is 0 Å². The van der Waals surface area contributed by atoms with Crippen LogP contribution in [-0.2, 0) is 6.42 Å². The third-order valence-electron chi connectivity index (χ3n) is 3.50. The lowest BCUT2D eigenvalue weighted by molar-refractivity contribution is 0.339. The van der Waals surface area contributed by atoms with Gasteiger partial charge in [-0.2, -0.15) is 0 Å². The SMILES string of the molecule is C1=C(N2CCNCC2)c2ccccc2CC1. The molecule has 84 valence electrons. The van der Waals surface area contributed by atoms with Crippen molar-refractivity contribution in [1.29, 1.82) is 0 Å². The molecule has 0 unspecified atom stereocenters. The van der Waals surface area contributed by atoms with E-state index in [1.165, 1.54) is 29.7 Å². The van der Waals surface area contributed by atoms with E-state index in [2.05, 4.69) is 40.6 Å². The Labute approximate surface area is 97.0 Å². The fraction of sp³-hybridized carbons (Fsp3) is 0.429. The normalized spacial score (nSPS) is 20.2. The number of hydrogen-bond donors (Lipinski definition) is 1. The Balaban J connectivity index is 1.92. The number of allylic oxidation sites excluding steroid dienone is 1. The number of fused-ring (bicyclic) bond motifs is 1. The van der Waals surface area contributed by atoms with Crippen LogP contribution in [0.25, 0.3) is 5.70 Å². The van der Waals surface area contributed by atoms with E-state index in [1.54, 1.807) is 0 Å². The highest BCUT2D eigenvalue weighted by Gasteiger charge is 2.18. The van der Waals surface area contributed by atoms with Crippen LogP contribution in [0.5, 0.6) is 0 Å². The molecule has 1 aromatic rings. The molecule has 1 fully saturated rings. The molecule has 0 bridgehead atoms. The number of nitrogens with zero attached hydrogens (tertiary/aromatic N) is 1. The number of piperazine rings is 1. The smallest absolute Gasteiger partial charge is 0.0403 e. The van der Waals surface area contributed by atoms with Crippen LogP contribution in [0.3, 0.4) is 0 Å². The Bertz CT molecular complexity index is 403. The molecule has 0 radical (unpaired) electrons. The predicted octanol–water partition coefficient (Wildman–Crippen LogP) is 1.88. The average molecular weight is 214 g/mol. The highest BCUT2D eigenvalue weighted by atomic mass is 15.2. The maximum Gasteiger partial charge on any atom is 0.0403 e. The zero-order valence-corrected chi connectivity index (χ0v) is 9.58. The molecule has 2 heteroatoms. The second-order valence-electron chi connectivity index (χ2n) is 4.52. The molecule has 1 heterocycles. The van der Waals surface area contributed by atoms with E-state index < -0.39 is 0 Å². The standard InChI is InChI=1S/C14H18N2/c1-2-6-13-12(4-1)5-3-7-14(13)16-10-8-15-9-11-16/h1-2,4,6-7,15H,3,5,8-11H2. The molecule has 3 rings (SSSR count). The predicted molar refractivity (Wildman–Crippen MR) is 67.2 cm³/mol. The second kappa shape index (κ2) is 4.30. The summed E-state index contributed by atoms with van der Waals surface area (Å²) in [5.41, 5.74) is 4.43. The molecule has 1 aliphatic carbocycles. The van der Waals surface area contributed by atoms with Crippen LogP contribution in [0.1, 0.15) is 17.5 Å². The molecule has 2 aliphatic rings. The van der Waals surface area contributed by atoms with E-state index in [1.807, 2.05) is 0 Å². The van der Waals surface area contributed by atoms with E-state index in [0.29, 0.717) is 0 Å². The lowest BCUT2D eigenvalue weighted by Gasteiger charge is -2.34. The third-order valence-corrected chi connectivity index (χ3v) is 3.50. The minimum atomic E-state index is 1.11. The van der Waals surface area contributed by atoms with E-state index >= 15 is 0 Å².